The largest absolute Gasteiger partial charge is 0.466 e. The van der Waals surface area contributed by atoms with Gasteiger partial charge in [-0.15, -0.1) is 0 Å². The highest BCUT2D eigenvalue weighted by Gasteiger charge is 2.15. The van der Waals surface area contributed by atoms with Crippen molar-refractivity contribution in [3.05, 3.63) is 30.3 Å². The number of hydrogen-bond acceptors (Lipinski definition) is 3. The number of esters is 1. The van der Waals surface area contributed by atoms with Gasteiger partial charge < -0.3 is 9.64 Å². The average Bonchev–Trinajstić information content (AvgIpc) is 2.66. The second kappa shape index (κ2) is 14.3. The van der Waals surface area contributed by atoms with E-state index in [2.05, 4.69) is 13.8 Å². The summed E-state index contributed by atoms with van der Waals surface area (Å²) in [5.41, 5.74) is 0.931. The van der Waals surface area contributed by atoms with Gasteiger partial charge >= 0.3 is 5.97 Å². The number of hydrogen-bond donors (Lipinski definition) is 0. The standard InChI is InChI=1S/C22H35NO3/c1-3-5-7-8-12-19-26-22(25)17-13-16-21(24)23(18-6-4-2)20-14-10-9-11-15-20/h9-11,14-15H,3-8,12-13,16-19H2,1-2H3. The van der Waals surface area contributed by atoms with E-state index in [1.807, 2.05) is 35.2 Å². The Balaban J connectivity index is 2.28. The van der Waals surface area contributed by atoms with Crippen molar-refractivity contribution >= 4 is 17.6 Å². The SMILES string of the molecule is CCCCCCCOC(=O)CCCC(=O)N(CCCC)c1ccccc1. The highest BCUT2D eigenvalue weighted by molar-refractivity contribution is 5.93. The minimum absolute atomic E-state index is 0.0806. The number of carbonyl (C=O) groups excluding carboxylic acids is 2. The molecule has 0 aliphatic carbocycles. The summed E-state index contributed by atoms with van der Waals surface area (Å²) >= 11 is 0. The first-order chi connectivity index (χ1) is 12.7. The van der Waals surface area contributed by atoms with Gasteiger partial charge in [0.05, 0.1) is 6.61 Å². The predicted octanol–water partition coefficient (Wildman–Crippen LogP) is 5.50. The van der Waals surface area contributed by atoms with Gasteiger partial charge in [0, 0.05) is 25.1 Å². The normalized spacial score (nSPS) is 10.5. The van der Waals surface area contributed by atoms with E-state index in [9.17, 15) is 9.59 Å². The smallest absolute Gasteiger partial charge is 0.305 e. The summed E-state index contributed by atoms with van der Waals surface area (Å²) in [4.78, 5) is 26.2. The Morgan fingerprint density at radius 1 is 0.846 bits per heavy atom. The van der Waals surface area contributed by atoms with Crippen LogP contribution in [0, 0.1) is 0 Å². The third-order valence-electron chi connectivity index (χ3n) is 4.39. The number of carbonyl (C=O) groups is 2. The lowest BCUT2D eigenvalue weighted by molar-refractivity contribution is -0.143. The zero-order valence-corrected chi connectivity index (χ0v) is 16.5. The van der Waals surface area contributed by atoms with Crippen LogP contribution in [0.2, 0.25) is 0 Å². The Hall–Kier alpha value is -1.84. The molecular formula is C22H35NO3. The van der Waals surface area contributed by atoms with Gasteiger partial charge in [0.25, 0.3) is 0 Å². The van der Waals surface area contributed by atoms with Gasteiger partial charge in [0.1, 0.15) is 0 Å². The van der Waals surface area contributed by atoms with E-state index in [-0.39, 0.29) is 11.9 Å². The molecule has 0 aliphatic rings. The van der Waals surface area contributed by atoms with Crippen molar-refractivity contribution in [2.45, 2.75) is 78.1 Å². The van der Waals surface area contributed by atoms with Gasteiger partial charge in [-0.25, -0.2) is 0 Å². The van der Waals surface area contributed by atoms with Crippen molar-refractivity contribution < 1.29 is 14.3 Å². The van der Waals surface area contributed by atoms with E-state index in [1.54, 1.807) is 0 Å². The molecule has 0 heterocycles. The van der Waals surface area contributed by atoms with Crippen molar-refractivity contribution in [1.29, 1.82) is 0 Å². The van der Waals surface area contributed by atoms with Gasteiger partial charge in [0.15, 0.2) is 0 Å². The monoisotopic (exact) mass is 361 g/mol. The van der Waals surface area contributed by atoms with Crippen LogP contribution in [0.15, 0.2) is 30.3 Å². The maximum atomic E-state index is 12.6. The zero-order valence-electron chi connectivity index (χ0n) is 16.5. The molecule has 0 unspecified atom stereocenters. The van der Waals surface area contributed by atoms with E-state index in [4.69, 9.17) is 4.74 Å². The van der Waals surface area contributed by atoms with Crippen molar-refractivity contribution in [1.82, 2.24) is 0 Å². The van der Waals surface area contributed by atoms with Crippen LogP contribution in [0.3, 0.4) is 0 Å². The number of nitrogens with zero attached hydrogens (tertiary/aromatic N) is 1. The van der Waals surface area contributed by atoms with Gasteiger partial charge in [0.2, 0.25) is 5.91 Å². The van der Waals surface area contributed by atoms with Gasteiger partial charge in [-0.2, -0.15) is 0 Å². The Morgan fingerprint density at radius 3 is 2.23 bits per heavy atom. The molecule has 4 heteroatoms. The zero-order chi connectivity index (χ0) is 19.0. The molecule has 1 aromatic carbocycles. The maximum Gasteiger partial charge on any atom is 0.305 e. The number of ether oxygens (including phenoxy) is 1. The quantitative estimate of drug-likeness (QED) is 0.324. The number of amides is 1. The van der Waals surface area contributed by atoms with Crippen molar-refractivity contribution in [2.75, 3.05) is 18.1 Å². The molecule has 0 N–H and O–H groups in total. The molecular weight excluding hydrogens is 326 g/mol. The first-order valence-corrected chi connectivity index (χ1v) is 10.2. The lowest BCUT2D eigenvalue weighted by Gasteiger charge is -2.22. The summed E-state index contributed by atoms with van der Waals surface area (Å²) < 4.78 is 5.25. The highest BCUT2D eigenvalue weighted by atomic mass is 16.5. The molecule has 1 aromatic rings. The molecule has 4 nitrogen and oxygen atoms in total. The molecule has 26 heavy (non-hydrogen) atoms. The Bertz CT molecular complexity index is 501. The Kier molecular flexibility index (Phi) is 12.2. The molecule has 0 aliphatic heterocycles. The number of anilines is 1. The molecule has 0 saturated heterocycles. The van der Waals surface area contributed by atoms with Gasteiger partial charge in [-0.3, -0.25) is 9.59 Å². The minimum atomic E-state index is -0.187. The van der Waals surface area contributed by atoms with Crippen molar-refractivity contribution in [2.24, 2.45) is 0 Å². The Labute approximate surface area is 158 Å². The number of unbranched alkanes of at least 4 members (excludes halogenated alkanes) is 5. The molecule has 0 radical (unpaired) electrons. The minimum Gasteiger partial charge on any atom is -0.466 e. The number of benzene rings is 1. The summed E-state index contributed by atoms with van der Waals surface area (Å²) in [5.74, 6) is -0.106. The summed E-state index contributed by atoms with van der Waals surface area (Å²) in [5, 5.41) is 0. The highest BCUT2D eigenvalue weighted by Crippen LogP contribution is 2.16. The fourth-order valence-electron chi connectivity index (χ4n) is 2.80. The van der Waals surface area contributed by atoms with Crippen LogP contribution in [0.5, 0.6) is 0 Å². The first-order valence-electron chi connectivity index (χ1n) is 10.2. The molecule has 146 valence electrons. The van der Waals surface area contributed by atoms with Crippen molar-refractivity contribution in [3.8, 4) is 0 Å². The topological polar surface area (TPSA) is 46.6 Å². The molecule has 0 fully saturated rings. The molecule has 1 rings (SSSR count). The lowest BCUT2D eigenvalue weighted by atomic mass is 10.1. The van der Waals surface area contributed by atoms with E-state index in [1.165, 1.54) is 19.3 Å². The molecule has 0 spiro atoms. The molecule has 0 bridgehead atoms. The fraction of sp³-hybridized carbons (Fsp3) is 0.636. The first kappa shape index (κ1) is 22.2. The average molecular weight is 362 g/mol. The van der Waals surface area contributed by atoms with Crippen LogP contribution in [0.4, 0.5) is 5.69 Å². The number of rotatable bonds is 14. The second-order valence-corrected chi connectivity index (χ2v) is 6.72. The van der Waals surface area contributed by atoms with Crippen LogP contribution in [-0.4, -0.2) is 25.0 Å². The van der Waals surface area contributed by atoms with Crippen LogP contribution in [-0.2, 0) is 14.3 Å². The van der Waals surface area contributed by atoms with Crippen LogP contribution >= 0.6 is 0 Å². The summed E-state index contributed by atoms with van der Waals surface area (Å²) in [6.07, 6.45) is 8.96. The molecule has 0 saturated carbocycles. The van der Waals surface area contributed by atoms with E-state index in [0.29, 0.717) is 25.9 Å². The van der Waals surface area contributed by atoms with Crippen LogP contribution in [0.1, 0.15) is 78.1 Å². The van der Waals surface area contributed by atoms with E-state index >= 15 is 0 Å². The van der Waals surface area contributed by atoms with Gasteiger partial charge in [-0.1, -0.05) is 64.2 Å². The van der Waals surface area contributed by atoms with E-state index < -0.39 is 0 Å². The van der Waals surface area contributed by atoms with Crippen LogP contribution in [0.25, 0.3) is 0 Å². The maximum absolute atomic E-state index is 12.6. The summed E-state index contributed by atoms with van der Waals surface area (Å²) in [6.45, 7) is 5.53. The summed E-state index contributed by atoms with van der Waals surface area (Å²) in [7, 11) is 0. The Morgan fingerprint density at radius 2 is 1.54 bits per heavy atom. The fourth-order valence-corrected chi connectivity index (χ4v) is 2.80. The molecule has 1 amide bonds. The summed E-state index contributed by atoms with van der Waals surface area (Å²) in [6, 6.07) is 9.75. The molecule has 0 atom stereocenters. The van der Waals surface area contributed by atoms with Gasteiger partial charge in [-0.05, 0) is 31.4 Å². The van der Waals surface area contributed by atoms with Crippen molar-refractivity contribution in [3.63, 3.8) is 0 Å². The molecule has 0 aromatic heterocycles. The van der Waals surface area contributed by atoms with Crippen LogP contribution < -0.4 is 4.90 Å². The predicted molar refractivity (Wildman–Crippen MR) is 107 cm³/mol. The second-order valence-electron chi connectivity index (χ2n) is 6.72. The lowest BCUT2D eigenvalue weighted by Crippen LogP contribution is -2.31. The third-order valence-corrected chi connectivity index (χ3v) is 4.39. The number of para-hydroxylation sites is 1. The third kappa shape index (κ3) is 9.59. The van der Waals surface area contributed by atoms with E-state index in [0.717, 1.165) is 37.9 Å².